The summed E-state index contributed by atoms with van der Waals surface area (Å²) in [7, 11) is 0. The molecule has 68 valence electrons. The number of carbonyl (C=O) groups excluding carboxylic acids is 1. The van der Waals surface area contributed by atoms with Crippen molar-refractivity contribution in [1.82, 2.24) is 10.6 Å². The van der Waals surface area contributed by atoms with Gasteiger partial charge in [0, 0.05) is 5.54 Å². The van der Waals surface area contributed by atoms with Gasteiger partial charge in [-0.3, -0.25) is 4.79 Å². The average molecular weight is 168 g/mol. The molecule has 1 aliphatic carbocycles. The fourth-order valence-electron chi connectivity index (χ4n) is 1.61. The summed E-state index contributed by atoms with van der Waals surface area (Å²) in [6.45, 7) is 3.11. The van der Waals surface area contributed by atoms with Gasteiger partial charge < -0.3 is 10.6 Å². The number of nitrogens with one attached hydrogen (secondary N) is 2. The molecule has 2 aliphatic rings. The van der Waals surface area contributed by atoms with Crippen molar-refractivity contribution in [2.45, 2.75) is 44.2 Å². The average Bonchev–Trinajstić information content (AvgIpc) is 2.55. The molecule has 1 saturated heterocycles. The molecule has 1 heterocycles. The lowest BCUT2D eigenvalue weighted by molar-refractivity contribution is -0.123. The zero-order valence-electron chi connectivity index (χ0n) is 7.52. The summed E-state index contributed by atoms with van der Waals surface area (Å²) in [6, 6.07) is 0.0856. The van der Waals surface area contributed by atoms with Crippen LogP contribution in [0.15, 0.2) is 0 Å². The van der Waals surface area contributed by atoms with E-state index in [4.69, 9.17) is 0 Å². The molecule has 1 amide bonds. The molecular formula is C9H16N2O. The Labute approximate surface area is 72.9 Å². The first kappa shape index (κ1) is 8.05. The summed E-state index contributed by atoms with van der Waals surface area (Å²) < 4.78 is 0. The summed E-state index contributed by atoms with van der Waals surface area (Å²) in [5, 5.41) is 6.27. The molecule has 2 fully saturated rings. The Morgan fingerprint density at radius 3 is 2.83 bits per heavy atom. The Balaban J connectivity index is 1.83. The maximum absolute atomic E-state index is 11.5. The normalized spacial score (nSPS) is 31.6. The lowest BCUT2D eigenvalue weighted by Gasteiger charge is -2.15. The van der Waals surface area contributed by atoms with Gasteiger partial charge in [-0.2, -0.15) is 0 Å². The lowest BCUT2D eigenvalue weighted by atomic mass is 10.2. The van der Waals surface area contributed by atoms with Crippen LogP contribution in [0.5, 0.6) is 0 Å². The highest BCUT2D eigenvalue weighted by molar-refractivity contribution is 5.83. The third-order valence-corrected chi connectivity index (χ3v) is 2.80. The van der Waals surface area contributed by atoms with Crippen LogP contribution in [0.25, 0.3) is 0 Å². The van der Waals surface area contributed by atoms with Gasteiger partial charge in [0.25, 0.3) is 0 Å². The van der Waals surface area contributed by atoms with Gasteiger partial charge in [0.05, 0.1) is 6.04 Å². The van der Waals surface area contributed by atoms with E-state index in [0.717, 1.165) is 32.2 Å². The minimum absolute atomic E-state index is 0.0856. The van der Waals surface area contributed by atoms with Gasteiger partial charge in [0.15, 0.2) is 0 Å². The first-order valence-corrected chi connectivity index (χ1v) is 4.75. The second-order valence-electron chi connectivity index (χ2n) is 4.20. The molecule has 0 radical (unpaired) electrons. The third kappa shape index (κ3) is 1.61. The van der Waals surface area contributed by atoms with Gasteiger partial charge in [-0.1, -0.05) is 0 Å². The van der Waals surface area contributed by atoms with E-state index < -0.39 is 0 Å². The van der Waals surface area contributed by atoms with Gasteiger partial charge in [-0.05, 0) is 39.2 Å². The van der Waals surface area contributed by atoms with Crippen LogP contribution in [-0.2, 0) is 4.79 Å². The highest BCUT2D eigenvalue weighted by Crippen LogP contribution is 2.34. The van der Waals surface area contributed by atoms with Crippen LogP contribution < -0.4 is 10.6 Å². The SMILES string of the molecule is CC1(NC(=O)[C@H]2CCCN2)CC1. The van der Waals surface area contributed by atoms with Crippen LogP contribution in [0.2, 0.25) is 0 Å². The second-order valence-corrected chi connectivity index (χ2v) is 4.20. The first-order valence-electron chi connectivity index (χ1n) is 4.75. The molecule has 1 saturated carbocycles. The lowest BCUT2D eigenvalue weighted by Crippen LogP contribution is -2.45. The van der Waals surface area contributed by atoms with E-state index in [1.165, 1.54) is 0 Å². The van der Waals surface area contributed by atoms with Crippen LogP contribution in [0, 0.1) is 0 Å². The molecule has 1 aliphatic heterocycles. The van der Waals surface area contributed by atoms with Gasteiger partial charge >= 0.3 is 0 Å². The van der Waals surface area contributed by atoms with Crippen LogP contribution in [-0.4, -0.2) is 24.0 Å². The molecule has 3 heteroatoms. The van der Waals surface area contributed by atoms with E-state index in [1.807, 2.05) is 0 Å². The number of hydrogen-bond donors (Lipinski definition) is 2. The molecule has 0 aromatic rings. The Morgan fingerprint density at radius 2 is 2.33 bits per heavy atom. The smallest absolute Gasteiger partial charge is 0.237 e. The van der Waals surface area contributed by atoms with E-state index in [9.17, 15) is 4.79 Å². The van der Waals surface area contributed by atoms with Crippen molar-refractivity contribution in [3.8, 4) is 0 Å². The maximum atomic E-state index is 11.5. The Kier molecular flexibility index (Phi) is 1.83. The molecule has 0 bridgehead atoms. The molecule has 1 atom stereocenters. The predicted molar refractivity (Wildman–Crippen MR) is 46.8 cm³/mol. The largest absolute Gasteiger partial charge is 0.350 e. The van der Waals surface area contributed by atoms with E-state index in [0.29, 0.717) is 0 Å². The van der Waals surface area contributed by atoms with E-state index in [1.54, 1.807) is 0 Å². The quantitative estimate of drug-likeness (QED) is 0.627. The summed E-state index contributed by atoms with van der Waals surface area (Å²) in [5.74, 6) is 0.201. The van der Waals surface area contributed by atoms with E-state index >= 15 is 0 Å². The molecule has 2 N–H and O–H groups in total. The Morgan fingerprint density at radius 1 is 1.58 bits per heavy atom. The molecular weight excluding hydrogens is 152 g/mol. The summed E-state index contributed by atoms with van der Waals surface area (Å²) >= 11 is 0. The fourth-order valence-corrected chi connectivity index (χ4v) is 1.61. The van der Waals surface area contributed by atoms with Gasteiger partial charge in [-0.15, -0.1) is 0 Å². The van der Waals surface area contributed by atoms with Crippen LogP contribution in [0.1, 0.15) is 32.6 Å². The zero-order valence-corrected chi connectivity index (χ0v) is 7.52. The van der Waals surface area contributed by atoms with Crippen molar-refractivity contribution in [1.29, 1.82) is 0 Å². The molecule has 0 aromatic heterocycles. The van der Waals surface area contributed by atoms with E-state index in [-0.39, 0.29) is 17.5 Å². The van der Waals surface area contributed by atoms with Crippen molar-refractivity contribution in [2.75, 3.05) is 6.54 Å². The van der Waals surface area contributed by atoms with Gasteiger partial charge in [-0.25, -0.2) is 0 Å². The maximum Gasteiger partial charge on any atom is 0.237 e. The minimum Gasteiger partial charge on any atom is -0.350 e. The van der Waals surface area contributed by atoms with E-state index in [2.05, 4.69) is 17.6 Å². The number of carbonyl (C=O) groups is 1. The summed E-state index contributed by atoms with van der Waals surface area (Å²) in [4.78, 5) is 11.5. The zero-order chi connectivity index (χ0) is 8.60. The molecule has 2 rings (SSSR count). The van der Waals surface area contributed by atoms with Crippen LogP contribution in [0.3, 0.4) is 0 Å². The van der Waals surface area contributed by atoms with Gasteiger partial charge in [0.1, 0.15) is 0 Å². The van der Waals surface area contributed by atoms with Crippen molar-refractivity contribution >= 4 is 5.91 Å². The predicted octanol–water partition coefficient (Wildman–Crippen LogP) is 0.407. The topological polar surface area (TPSA) is 41.1 Å². The number of rotatable bonds is 2. The molecule has 0 spiro atoms. The van der Waals surface area contributed by atoms with Gasteiger partial charge in [0.2, 0.25) is 5.91 Å². The summed E-state index contributed by atoms with van der Waals surface area (Å²) in [5.41, 5.74) is 0.140. The Bertz CT molecular complexity index is 193. The molecule has 0 unspecified atom stereocenters. The minimum atomic E-state index is 0.0856. The van der Waals surface area contributed by atoms with Crippen molar-refractivity contribution in [3.05, 3.63) is 0 Å². The van der Waals surface area contributed by atoms with Crippen molar-refractivity contribution in [2.24, 2.45) is 0 Å². The van der Waals surface area contributed by atoms with Crippen LogP contribution in [0.4, 0.5) is 0 Å². The first-order chi connectivity index (χ1) is 5.70. The number of amides is 1. The Hall–Kier alpha value is -0.570. The van der Waals surface area contributed by atoms with Crippen molar-refractivity contribution in [3.63, 3.8) is 0 Å². The standard InChI is InChI=1S/C9H16N2O/c1-9(4-5-9)11-8(12)7-3-2-6-10-7/h7,10H,2-6H2,1H3,(H,11,12)/t7-/m1/s1. The third-order valence-electron chi connectivity index (χ3n) is 2.80. The van der Waals surface area contributed by atoms with Crippen LogP contribution >= 0.6 is 0 Å². The summed E-state index contributed by atoms with van der Waals surface area (Å²) in [6.07, 6.45) is 4.42. The molecule has 0 aromatic carbocycles. The molecule has 12 heavy (non-hydrogen) atoms. The highest BCUT2D eigenvalue weighted by Gasteiger charge is 2.40. The number of hydrogen-bond acceptors (Lipinski definition) is 2. The molecule has 3 nitrogen and oxygen atoms in total. The van der Waals surface area contributed by atoms with Crippen molar-refractivity contribution < 1.29 is 4.79 Å². The highest BCUT2D eigenvalue weighted by atomic mass is 16.2. The monoisotopic (exact) mass is 168 g/mol. The second kappa shape index (κ2) is 2.73. The fraction of sp³-hybridized carbons (Fsp3) is 0.889.